The van der Waals surface area contributed by atoms with Gasteiger partial charge in [0.1, 0.15) is 24.0 Å². The van der Waals surface area contributed by atoms with Gasteiger partial charge in [-0.25, -0.2) is 9.97 Å². The van der Waals surface area contributed by atoms with Crippen molar-refractivity contribution in [2.45, 2.75) is 51.0 Å². The molecule has 1 aromatic carbocycles. The number of nitrogens with zero attached hydrogens (tertiary/aromatic N) is 4. The van der Waals surface area contributed by atoms with Crippen LogP contribution in [0, 0.1) is 0 Å². The molecule has 1 amide bonds. The lowest BCUT2D eigenvalue weighted by molar-refractivity contribution is 0.0841. The standard InChI is InChI=1S/C30H39ClN6O5.H2S/c1-36(10-11-40-2)28-13-21(12-27(35-28)34-22-4-3-5-22)30(39)33-14-23(38)17-37-9-8-25-20(16-37)6-7-26(29(25)31)41-18-24-15-32-19-42-24;/h6-7,12-13,15,19,22-23,38H,3-5,8-11,14,16-18H2,1-2H3,(H,33,39)(H,34,35);1H2/t23-;/m0./s1. The van der Waals surface area contributed by atoms with Crippen LogP contribution in [0.4, 0.5) is 11.6 Å². The van der Waals surface area contributed by atoms with Gasteiger partial charge in [0.25, 0.3) is 5.91 Å². The second kappa shape index (κ2) is 15.6. The van der Waals surface area contributed by atoms with Crippen LogP contribution in [0.3, 0.4) is 0 Å². The largest absolute Gasteiger partial charge is 0.484 e. The molecule has 0 saturated heterocycles. The van der Waals surface area contributed by atoms with E-state index < -0.39 is 6.10 Å². The van der Waals surface area contributed by atoms with Crippen molar-refractivity contribution in [3.05, 3.63) is 64.3 Å². The van der Waals surface area contributed by atoms with Crippen molar-refractivity contribution < 1.29 is 23.8 Å². The molecule has 13 heteroatoms. The summed E-state index contributed by atoms with van der Waals surface area (Å²) in [4.78, 5) is 25.9. The average Bonchev–Trinajstić information content (AvgIpc) is 3.50. The van der Waals surface area contributed by atoms with E-state index >= 15 is 0 Å². The Morgan fingerprint density at radius 2 is 2.16 bits per heavy atom. The number of likely N-dealkylation sites (N-methyl/N-ethyl adjacent to an activating group) is 1. The number of oxazole rings is 1. The van der Waals surface area contributed by atoms with Gasteiger partial charge in [-0.15, -0.1) is 0 Å². The Labute approximate surface area is 264 Å². The lowest BCUT2D eigenvalue weighted by Gasteiger charge is -2.31. The van der Waals surface area contributed by atoms with Gasteiger partial charge in [0.2, 0.25) is 0 Å². The minimum atomic E-state index is -0.728. The summed E-state index contributed by atoms with van der Waals surface area (Å²) < 4.78 is 16.2. The highest BCUT2D eigenvalue weighted by atomic mass is 35.5. The summed E-state index contributed by atoms with van der Waals surface area (Å²) in [5.41, 5.74) is 2.66. The van der Waals surface area contributed by atoms with Gasteiger partial charge < -0.3 is 34.5 Å². The van der Waals surface area contributed by atoms with Crippen LogP contribution >= 0.6 is 25.1 Å². The minimum Gasteiger partial charge on any atom is -0.484 e. The summed E-state index contributed by atoms with van der Waals surface area (Å²) in [6.45, 7) is 3.42. The number of anilines is 2. The summed E-state index contributed by atoms with van der Waals surface area (Å²) in [7, 11) is 3.59. The third kappa shape index (κ3) is 8.76. The van der Waals surface area contributed by atoms with Crippen molar-refractivity contribution in [1.82, 2.24) is 20.2 Å². The van der Waals surface area contributed by atoms with Crippen molar-refractivity contribution in [3.63, 3.8) is 0 Å². The zero-order valence-corrected chi connectivity index (χ0v) is 26.4. The van der Waals surface area contributed by atoms with Crippen molar-refractivity contribution in [2.75, 3.05) is 57.2 Å². The van der Waals surface area contributed by atoms with E-state index in [0.717, 1.165) is 36.9 Å². The Balaban J connectivity index is 0.00000423. The number of β-amino-alcohol motifs (C(OH)–C–C–N with tert-alkyl or cyclic N) is 1. The Bertz CT molecular complexity index is 1340. The Morgan fingerprint density at radius 3 is 2.88 bits per heavy atom. The first-order valence-corrected chi connectivity index (χ1v) is 14.7. The molecule has 1 saturated carbocycles. The van der Waals surface area contributed by atoms with E-state index in [9.17, 15) is 9.90 Å². The smallest absolute Gasteiger partial charge is 0.251 e. The minimum absolute atomic E-state index is 0. The number of pyridine rings is 1. The predicted octanol–water partition coefficient (Wildman–Crippen LogP) is 3.61. The summed E-state index contributed by atoms with van der Waals surface area (Å²) in [6, 6.07) is 7.82. The maximum atomic E-state index is 13.1. The molecule has 2 aromatic heterocycles. The maximum absolute atomic E-state index is 13.1. The molecule has 11 nitrogen and oxygen atoms in total. The molecule has 1 atom stereocenters. The molecule has 3 heterocycles. The van der Waals surface area contributed by atoms with Crippen molar-refractivity contribution >= 4 is 42.6 Å². The van der Waals surface area contributed by atoms with Gasteiger partial charge in [-0.1, -0.05) is 17.7 Å². The predicted molar refractivity (Wildman–Crippen MR) is 171 cm³/mol. The Morgan fingerprint density at radius 1 is 1.33 bits per heavy atom. The molecule has 0 spiro atoms. The van der Waals surface area contributed by atoms with E-state index in [-0.39, 0.29) is 32.6 Å². The lowest BCUT2D eigenvalue weighted by Crippen LogP contribution is -2.42. The molecule has 5 rings (SSSR count). The fourth-order valence-electron chi connectivity index (χ4n) is 5.07. The highest BCUT2D eigenvalue weighted by molar-refractivity contribution is 7.59. The summed E-state index contributed by atoms with van der Waals surface area (Å²) in [6.07, 6.45) is 6.39. The summed E-state index contributed by atoms with van der Waals surface area (Å²) in [5.74, 6) is 2.37. The molecule has 1 aliphatic carbocycles. The quantitative estimate of drug-likeness (QED) is 0.243. The second-order valence-corrected chi connectivity index (χ2v) is 11.3. The molecule has 1 fully saturated rings. The molecule has 0 unspecified atom stereocenters. The SMILES string of the molecule is COCCN(C)c1cc(C(=O)NC[C@H](O)CN2CCc3c(ccc(OCc4cnco4)c3Cl)C2)cc(NC2CCC2)n1.S. The number of aromatic nitrogens is 2. The number of methoxy groups -OCH3 is 1. The number of nitrogens with one attached hydrogen (secondary N) is 2. The summed E-state index contributed by atoms with van der Waals surface area (Å²) >= 11 is 6.66. The number of halogens is 1. The molecule has 0 radical (unpaired) electrons. The van der Waals surface area contributed by atoms with E-state index in [1.165, 1.54) is 12.8 Å². The van der Waals surface area contributed by atoms with Crippen LogP contribution in [0.1, 0.15) is 46.5 Å². The number of rotatable bonds is 14. The maximum Gasteiger partial charge on any atom is 0.251 e. The molecular formula is C30H41ClN6O5S. The van der Waals surface area contributed by atoms with E-state index in [1.54, 1.807) is 25.4 Å². The number of aliphatic hydroxyl groups is 1. The first-order valence-electron chi connectivity index (χ1n) is 14.4. The van der Waals surface area contributed by atoms with Gasteiger partial charge in [0.05, 0.1) is 23.9 Å². The third-order valence-corrected chi connectivity index (χ3v) is 8.16. The normalized spacial score (nSPS) is 15.5. The fraction of sp³-hybridized carbons (Fsp3) is 0.500. The molecule has 1 aliphatic heterocycles. The van der Waals surface area contributed by atoms with E-state index in [1.807, 2.05) is 24.1 Å². The summed E-state index contributed by atoms with van der Waals surface area (Å²) in [5, 5.41) is 17.7. The van der Waals surface area contributed by atoms with Gasteiger partial charge in [-0.2, -0.15) is 13.5 Å². The lowest BCUT2D eigenvalue weighted by atomic mass is 9.93. The van der Waals surface area contributed by atoms with Crippen molar-refractivity contribution in [2.24, 2.45) is 0 Å². The van der Waals surface area contributed by atoms with Gasteiger partial charge in [0.15, 0.2) is 12.2 Å². The molecule has 0 bridgehead atoms. The van der Waals surface area contributed by atoms with Gasteiger partial charge in [0, 0.05) is 58.5 Å². The number of carbonyl (C=O) groups is 1. The van der Waals surface area contributed by atoms with Crippen LogP contribution in [0.25, 0.3) is 0 Å². The van der Waals surface area contributed by atoms with Crippen LogP contribution in [0.2, 0.25) is 5.02 Å². The highest BCUT2D eigenvalue weighted by Crippen LogP contribution is 2.34. The third-order valence-electron chi connectivity index (χ3n) is 7.75. The number of hydrogen-bond donors (Lipinski definition) is 3. The monoisotopic (exact) mass is 632 g/mol. The Kier molecular flexibility index (Phi) is 11.9. The number of fused-ring (bicyclic) bond motifs is 1. The van der Waals surface area contributed by atoms with Gasteiger partial charge in [-0.3, -0.25) is 9.69 Å². The first-order chi connectivity index (χ1) is 20.4. The zero-order chi connectivity index (χ0) is 29.5. The number of ether oxygens (including phenoxy) is 2. The van der Waals surface area contributed by atoms with E-state index in [0.29, 0.717) is 66.0 Å². The first kappa shape index (κ1) is 32.9. The van der Waals surface area contributed by atoms with Gasteiger partial charge in [-0.05, 0) is 55.0 Å². The molecule has 2 aliphatic rings. The number of carbonyl (C=O) groups excluding carboxylic acids is 1. The van der Waals surface area contributed by atoms with Crippen LogP contribution in [-0.4, -0.2) is 85.0 Å². The molecule has 234 valence electrons. The second-order valence-electron chi connectivity index (χ2n) is 10.9. The number of benzene rings is 1. The molecule has 3 aromatic rings. The fourth-order valence-corrected chi connectivity index (χ4v) is 5.41. The van der Waals surface area contributed by atoms with Crippen molar-refractivity contribution in [1.29, 1.82) is 0 Å². The van der Waals surface area contributed by atoms with E-state index in [4.69, 9.17) is 30.5 Å². The van der Waals surface area contributed by atoms with Crippen LogP contribution in [0.15, 0.2) is 41.3 Å². The van der Waals surface area contributed by atoms with Crippen LogP contribution < -0.4 is 20.3 Å². The van der Waals surface area contributed by atoms with Crippen molar-refractivity contribution in [3.8, 4) is 5.75 Å². The highest BCUT2D eigenvalue weighted by Gasteiger charge is 2.24. The molecular weight excluding hydrogens is 592 g/mol. The molecule has 3 N–H and O–H groups in total. The molecule has 43 heavy (non-hydrogen) atoms. The number of amides is 1. The number of hydrogen-bond acceptors (Lipinski definition) is 10. The zero-order valence-electron chi connectivity index (χ0n) is 24.6. The number of aliphatic hydroxyl groups excluding tert-OH is 1. The average molecular weight is 633 g/mol. The Hall–Kier alpha value is -3.03. The van der Waals surface area contributed by atoms with Crippen LogP contribution in [0.5, 0.6) is 5.75 Å². The van der Waals surface area contributed by atoms with E-state index in [2.05, 4.69) is 20.5 Å². The van der Waals surface area contributed by atoms with Gasteiger partial charge >= 0.3 is 0 Å². The van der Waals surface area contributed by atoms with Crippen LogP contribution in [-0.2, 0) is 24.3 Å². The topological polar surface area (TPSA) is 125 Å².